The number of aromatic nitrogens is 2. The van der Waals surface area contributed by atoms with E-state index in [4.69, 9.17) is 11.6 Å². The molecule has 1 unspecified atom stereocenters. The first-order valence-corrected chi connectivity index (χ1v) is 8.31. The summed E-state index contributed by atoms with van der Waals surface area (Å²) < 4.78 is 1.90. The third-order valence-electron chi connectivity index (χ3n) is 3.93. The Morgan fingerprint density at radius 3 is 2.36 bits per heavy atom. The molecule has 3 rings (SSSR count). The number of imidazole rings is 1. The van der Waals surface area contributed by atoms with E-state index in [-0.39, 0.29) is 16.5 Å². The van der Waals surface area contributed by atoms with Crippen LogP contribution in [0.1, 0.15) is 18.2 Å². The number of halogens is 1. The van der Waals surface area contributed by atoms with E-state index >= 15 is 0 Å². The minimum Gasteiger partial charge on any atom is -0.506 e. The van der Waals surface area contributed by atoms with E-state index in [2.05, 4.69) is 4.98 Å². The molecule has 1 aromatic heterocycles. The average Bonchev–Trinajstić information content (AvgIpc) is 2.95. The standard InChI is InChI=1S/C19H19ClN2O3/c1-12(23)7-15-19(14-5-3-2-4-6-14)21-11-22(15)10-13-8-16(24)18(20)17(25)9-13/h2-6,8-9,11-12,23-25H,7,10H2,1H3. The van der Waals surface area contributed by atoms with Gasteiger partial charge in [-0.2, -0.15) is 0 Å². The van der Waals surface area contributed by atoms with Crippen molar-refractivity contribution < 1.29 is 15.3 Å². The summed E-state index contributed by atoms with van der Waals surface area (Å²) in [5.41, 5.74) is 3.35. The van der Waals surface area contributed by atoms with Crippen molar-refractivity contribution in [3.05, 3.63) is 65.1 Å². The van der Waals surface area contributed by atoms with Crippen molar-refractivity contribution in [2.24, 2.45) is 0 Å². The largest absolute Gasteiger partial charge is 0.506 e. The van der Waals surface area contributed by atoms with Gasteiger partial charge < -0.3 is 19.9 Å². The molecule has 0 radical (unpaired) electrons. The first kappa shape index (κ1) is 17.3. The highest BCUT2D eigenvalue weighted by Gasteiger charge is 2.16. The van der Waals surface area contributed by atoms with E-state index in [0.717, 1.165) is 17.0 Å². The van der Waals surface area contributed by atoms with Crippen LogP contribution in [-0.4, -0.2) is 31.0 Å². The second kappa shape index (κ2) is 7.17. The predicted octanol–water partition coefficient (Wildman–Crippen LogP) is 3.59. The number of phenolic OH excluding ortho intramolecular Hbond substituents is 2. The Kier molecular flexibility index (Phi) is 4.97. The summed E-state index contributed by atoms with van der Waals surface area (Å²) in [5.74, 6) is -0.339. The molecule has 0 bridgehead atoms. The number of aliphatic hydroxyl groups excluding tert-OH is 1. The van der Waals surface area contributed by atoms with Gasteiger partial charge in [0.15, 0.2) is 0 Å². The van der Waals surface area contributed by atoms with Crippen molar-refractivity contribution in [3.63, 3.8) is 0 Å². The van der Waals surface area contributed by atoms with Gasteiger partial charge >= 0.3 is 0 Å². The average molecular weight is 359 g/mol. The lowest BCUT2D eigenvalue weighted by atomic mass is 10.1. The molecule has 0 aliphatic rings. The van der Waals surface area contributed by atoms with E-state index in [1.54, 1.807) is 13.3 Å². The van der Waals surface area contributed by atoms with Gasteiger partial charge in [0.05, 0.1) is 18.1 Å². The molecule has 2 aromatic carbocycles. The van der Waals surface area contributed by atoms with Gasteiger partial charge in [0.25, 0.3) is 0 Å². The zero-order chi connectivity index (χ0) is 18.0. The number of rotatable bonds is 5. The maximum Gasteiger partial charge on any atom is 0.138 e. The molecule has 130 valence electrons. The van der Waals surface area contributed by atoms with E-state index in [1.807, 2.05) is 34.9 Å². The Labute approximate surface area is 150 Å². The monoisotopic (exact) mass is 358 g/mol. The van der Waals surface area contributed by atoms with E-state index in [0.29, 0.717) is 18.5 Å². The molecule has 0 spiro atoms. The fourth-order valence-electron chi connectivity index (χ4n) is 2.81. The lowest BCUT2D eigenvalue weighted by Gasteiger charge is -2.13. The summed E-state index contributed by atoms with van der Waals surface area (Å²) in [6.45, 7) is 2.12. The molecule has 1 heterocycles. The molecular weight excluding hydrogens is 340 g/mol. The fraction of sp³-hybridized carbons (Fsp3) is 0.211. The van der Waals surface area contributed by atoms with Crippen LogP contribution < -0.4 is 0 Å². The first-order valence-electron chi connectivity index (χ1n) is 7.93. The maximum absolute atomic E-state index is 9.87. The molecule has 0 saturated heterocycles. The number of phenols is 2. The van der Waals surface area contributed by atoms with Crippen LogP contribution in [0.5, 0.6) is 11.5 Å². The highest BCUT2D eigenvalue weighted by molar-refractivity contribution is 6.33. The zero-order valence-corrected chi connectivity index (χ0v) is 14.5. The van der Waals surface area contributed by atoms with Gasteiger partial charge in [-0.05, 0) is 24.6 Å². The Morgan fingerprint density at radius 2 is 1.76 bits per heavy atom. The fourth-order valence-corrected chi connectivity index (χ4v) is 2.92. The minimum absolute atomic E-state index is 0.0661. The second-order valence-corrected chi connectivity index (χ2v) is 6.41. The number of benzene rings is 2. The molecular formula is C19H19ClN2O3. The quantitative estimate of drug-likeness (QED) is 0.651. The number of hydrogen-bond donors (Lipinski definition) is 3. The van der Waals surface area contributed by atoms with Crippen LogP contribution in [0.15, 0.2) is 48.8 Å². The van der Waals surface area contributed by atoms with Gasteiger partial charge in [0, 0.05) is 24.2 Å². The highest BCUT2D eigenvalue weighted by atomic mass is 35.5. The van der Waals surface area contributed by atoms with Crippen LogP contribution in [0.2, 0.25) is 5.02 Å². The smallest absolute Gasteiger partial charge is 0.138 e. The van der Waals surface area contributed by atoms with Gasteiger partial charge in [-0.3, -0.25) is 0 Å². The Hall–Kier alpha value is -2.50. The van der Waals surface area contributed by atoms with Crippen LogP contribution in [0.4, 0.5) is 0 Å². The van der Waals surface area contributed by atoms with Crippen molar-refractivity contribution in [2.45, 2.75) is 26.0 Å². The Morgan fingerprint density at radius 1 is 1.12 bits per heavy atom. The van der Waals surface area contributed by atoms with Gasteiger partial charge in [0.2, 0.25) is 0 Å². The molecule has 5 nitrogen and oxygen atoms in total. The summed E-state index contributed by atoms with van der Waals surface area (Å²) in [4.78, 5) is 4.50. The molecule has 1 atom stereocenters. The molecule has 3 aromatic rings. The van der Waals surface area contributed by atoms with Gasteiger partial charge in [-0.15, -0.1) is 0 Å². The van der Waals surface area contributed by atoms with Crippen LogP contribution in [0.25, 0.3) is 11.3 Å². The van der Waals surface area contributed by atoms with Crippen LogP contribution in [-0.2, 0) is 13.0 Å². The van der Waals surface area contributed by atoms with Crippen LogP contribution in [0, 0.1) is 0 Å². The van der Waals surface area contributed by atoms with Crippen molar-refractivity contribution in [2.75, 3.05) is 0 Å². The normalized spacial score (nSPS) is 12.3. The number of hydrogen-bond acceptors (Lipinski definition) is 4. The third kappa shape index (κ3) is 3.78. The molecule has 0 amide bonds. The van der Waals surface area contributed by atoms with E-state index in [9.17, 15) is 15.3 Å². The zero-order valence-electron chi connectivity index (χ0n) is 13.7. The lowest BCUT2D eigenvalue weighted by molar-refractivity contribution is 0.193. The Balaban J connectivity index is 2.00. The molecule has 0 saturated carbocycles. The molecule has 0 aliphatic carbocycles. The number of aromatic hydroxyl groups is 2. The summed E-state index contributed by atoms with van der Waals surface area (Å²) in [5, 5.41) is 29.4. The number of nitrogens with zero attached hydrogens (tertiary/aromatic N) is 2. The van der Waals surface area contributed by atoms with Gasteiger partial charge in [0.1, 0.15) is 16.5 Å². The van der Waals surface area contributed by atoms with Crippen LogP contribution >= 0.6 is 11.6 Å². The molecule has 3 N–H and O–H groups in total. The second-order valence-electron chi connectivity index (χ2n) is 6.03. The first-order chi connectivity index (χ1) is 12.0. The maximum atomic E-state index is 9.87. The van der Waals surface area contributed by atoms with Gasteiger partial charge in [-0.25, -0.2) is 4.98 Å². The summed E-state index contributed by atoms with van der Waals surface area (Å²) in [7, 11) is 0. The molecule has 0 aliphatic heterocycles. The van der Waals surface area contributed by atoms with E-state index < -0.39 is 6.10 Å². The Bertz CT molecular complexity index is 853. The van der Waals surface area contributed by atoms with Crippen molar-refractivity contribution >= 4 is 11.6 Å². The predicted molar refractivity (Wildman–Crippen MR) is 96.9 cm³/mol. The van der Waals surface area contributed by atoms with Crippen LogP contribution in [0.3, 0.4) is 0 Å². The van der Waals surface area contributed by atoms with Gasteiger partial charge in [-0.1, -0.05) is 41.9 Å². The molecule has 25 heavy (non-hydrogen) atoms. The minimum atomic E-state index is -0.523. The van der Waals surface area contributed by atoms with Crippen molar-refractivity contribution in [3.8, 4) is 22.8 Å². The van der Waals surface area contributed by atoms with E-state index in [1.165, 1.54) is 12.1 Å². The number of aliphatic hydroxyl groups is 1. The SMILES string of the molecule is CC(O)Cc1c(-c2ccccc2)ncn1Cc1cc(O)c(Cl)c(O)c1. The topological polar surface area (TPSA) is 78.5 Å². The summed E-state index contributed by atoms with van der Waals surface area (Å²) >= 11 is 5.78. The summed E-state index contributed by atoms with van der Waals surface area (Å²) in [6, 6.07) is 12.8. The molecule has 6 heteroatoms. The van der Waals surface area contributed by atoms with Crippen molar-refractivity contribution in [1.29, 1.82) is 0 Å². The highest BCUT2D eigenvalue weighted by Crippen LogP contribution is 2.34. The lowest BCUT2D eigenvalue weighted by Crippen LogP contribution is -2.11. The molecule has 0 fully saturated rings. The summed E-state index contributed by atoms with van der Waals surface area (Å²) in [6.07, 6.45) is 1.61. The van der Waals surface area contributed by atoms with Crippen molar-refractivity contribution in [1.82, 2.24) is 9.55 Å². The third-order valence-corrected chi connectivity index (χ3v) is 4.32.